The molecule has 112 valence electrons. The highest BCUT2D eigenvalue weighted by Crippen LogP contribution is 2.44. The molecule has 0 radical (unpaired) electrons. The lowest BCUT2D eigenvalue weighted by Crippen LogP contribution is -2.33. The quantitative estimate of drug-likeness (QED) is 0.662. The van der Waals surface area contributed by atoms with Crippen molar-refractivity contribution in [2.75, 3.05) is 6.61 Å². The van der Waals surface area contributed by atoms with E-state index in [1.165, 1.54) is 6.92 Å². The molecule has 0 saturated carbocycles. The summed E-state index contributed by atoms with van der Waals surface area (Å²) in [5.41, 5.74) is -1.81. The maximum Gasteiger partial charge on any atom is 0.416 e. The standard InChI is InChI=1S/C12H13F3O5/c1-10(7-16)6-11(18-17,20-19-10)8-2-4-9(5-3-8)12(13,14)15/h2-5,16-17H,6-7H2,1H3/t10-,11+/m1/s1. The van der Waals surface area contributed by atoms with Crippen LogP contribution in [-0.2, 0) is 26.6 Å². The molecule has 2 N–H and O–H groups in total. The number of alkyl halides is 3. The van der Waals surface area contributed by atoms with Crippen LogP contribution in [0.4, 0.5) is 13.2 Å². The first-order chi connectivity index (χ1) is 9.25. The van der Waals surface area contributed by atoms with E-state index in [0.29, 0.717) is 0 Å². The van der Waals surface area contributed by atoms with Gasteiger partial charge in [0.15, 0.2) is 0 Å². The van der Waals surface area contributed by atoms with Gasteiger partial charge in [0, 0.05) is 12.0 Å². The molecule has 0 amide bonds. The van der Waals surface area contributed by atoms with Crippen molar-refractivity contribution in [1.82, 2.24) is 0 Å². The van der Waals surface area contributed by atoms with Crippen LogP contribution in [0.2, 0.25) is 0 Å². The van der Waals surface area contributed by atoms with E-state index in [1.54, 1.807) is 0 Å². The van der Waals surface area contributed by atoms with Gasteiger partial charge in [-0.2, -0.15) is 22.9 Å². The minimum absolute atomic E-state index is 0.0850. The number of hydrogen-bond donors (Lipinski definition) is 2. The van der Waals surface area contributed by atoms with Gasteiger partial charge in [-0.25, -0.2) is 10.1 Å². The van der Waals surface area contributed by atoms with E-state index >= 15 is 0 Å². The lowest BCUT2D eigenvalue weighted by Gasteiger charge is -2.23. The molecule has 1 heterocycles. The Morgan fingerprint density at radius 3 is 2.25 bits per heavy atom. The van der Waals surface area contributed by atoms with Crippen LogP contribution in [0.3, 0.4) is 0 Å². The normalized spacial score (nSPS) is 30.7. The molecule has 0 unspecified atom stereocenters. The van der Waals surface area contributed by atoms with E-state index in [0.717, 1.165) is 24.3 Å². The summed E-state index contributed by atoms with van der Waals surface area (Å²) < 4.78 is 37.4. The molecular formula is C12H13F3O5. The van der Waals surface area contributed by atoms with Crippen molar-refractivity contribution < 1.29 is 38.2 Å². The summed E-state index contributed by atoms with van der Waals surface area (Å²) in [4.78, 5) is 14.1. The van der Waals surface area contributed by atoms with Crippen LogP contribution in [0.1, 0.15) is 24.5 Å². The van der Waals surface area contributed by atoms with Gasteiger partial charge in [-0.05, 0) is 19.1 Å². The van der Waals surface area contributed by atoms with E-state index in [1.807, 2.05) is 0 Å². The van der Waals surface area contributed by atoms with Crippen LogP contribution in [-0.4, -0.2) is 22.6 Å². The smallest absolute Gasteiger partial charge is 0.393 e. The van der Waals surface area contributed by atoms with Gasteiger partial charge in [0.2, 0.25) is 0 Å². The predicted octanol–water partition coefficient (Wildman–Crippen LogP) is 2.45. The molecule has 2 atom stereocenters. The topological polar surface area (TPSA) is 68.2 Å². The zero-order valence-electron chi connectivity index (χ0n) is 10.5. The van der Waals surface area contributed by atoms with Crippen LogP contribution in [0.15, 0.2) is 24.3 Å². The molecule has 1 aromatic carbocycles. The maximum atomic E-state index is 12.5. The first-order valence-corrected chi connectivity index (χ1v) is 5.73. The molecule has 1 aliphatic rings. The highest BCUT2D eigenvalue weighted by atomic mass is 19.4. The SMILES string of the molecule is C[C@]1(CO)C[C@@](OO)(c2ccc(C(F)(F)F)cc2)OO1. The van der Waals surface area contributed by atoms with Crippen molar-refractivity contribution in [1.29, 1.82) is 0 Å². The third-order valence-corrected chi connectivity index (χ3v) is 3.12. The number of rotatable bonds is 3. The summed E-state index contributed by atoms with van der Waals surface area (Å²) in [5.74, 6) is -1.76. The van der Waals surface area contributed by atoms with Gasteiger partial charge in [0.25, 0.3) is 5.79 Å². The summed E-state index contributed by atoms with van der Waals surface area (Å²) in [7, 11) is 0. The lowest BCUT2D eigenvalue weighted by molar-refractivity contribution is -0.480. The molecule has 0 aliphatic carbocycles. The van der Waals surface area contributed by atoms with Crippen molar-refractivity contribution in [3.63, 3.8) is 0 Å². The average molecular weight is 294 g/mol. The van der Waals surface area contributed by atoms with Crippen LogP contribution in [0, 0.1) is 0 Å². The van der Waals surface area contributed by atoms with E-state index in [9.17, 15) is 13.2 Å². The molecular weight excluding hydrogens is 281 g/mol. The molecule has 2 rings (SSSR count). The zero-order chi connectivity index (χ0) is 15.0. The van der Waals surface area contributed by atoms with Crippen LogP contribution < -0.4 is 0 Å². The Bertz CT molecular complexity index is 475. The number of aliphatic hydroxyl groups excluding tert-OH is 1. The van der Waals surface area contributed by atoms with Crippen molar-refractivity contribution in [2.45, 2.75) is 30.9 Å². The summed E-state index contributed by atoms with van der Waals surface area (Å²) in [6.07, 6.45) is -4.54. The second kappa shape index (κ2) is 4.97. The number of halogens is 3. The molecule has 1 aromatic rings. The first kappa shape index (κ1) is 15.2. The lowest BCUT2D eigenvalue weighted by atomic mass is 9.92. The third-order valence-electron chi connectivity index (χ3n) is 3.12. The Balaban J connectivity index is 2.30. The second-order valence-corrected chi connectivity index (χ2v) is 4.87. The maximum absolute atomic E-state index is 12.5. The molecule has 1 aliphatic heterocycles. The monoisotopic (exact) mass is 294 g/mol. The fourth-order valence-electron chi connectivity index (χ4n) is 1.96. The summed E-state index contributed by atoms with van der Waals surface area (Å²) in [6.45, 7) is 1.11. The minimum atomic E-state index is -4.46. The molecule has 0 spiro atoms. The second-order valence-electron chi connectivity index (χ2n) is 4.87. The molecule has 5 nitrogen and oxygen atoms in total. The van der Waals surface area contributed by atoms with Crippen molar-refractivity contribution in [2.24, 2.45) is 0 Å². The van der Waals surface area contributed by atoms with Gasteiger partial charge in [-0.15, -0.1) is 0 Å². The summed E-state index contributed by atoms with van der Waals surface area (Å²) >= 11 is 0. The Morgan fingerprint density at radius 2 is 1.85 bits per heavy atom. The Morgan fingerprint density at radius 1 is 1.25 bits per heavy atom. The van der Waals surface area contributed by atoms with Crippen LogP contribution >= 0.6 is 0 Å². The van der Waals surface area contributed by atoms with Crippen molar-refractivity contribution in [3.05, 3.63) is 35.4 Å². The number of hydrogen-bond acceptors (Lipinski definition) is 5. The van der Waals surface area contributed by atoms with Crippen molar-refractivity contribution in [3.8, 4) is 0 Å². The molecule has 1 fully saturated rings. The Hall–Kier alpha value is -1.19. The molecule has 0 aromatic heterocycles. The minimum Gasteiger partial charge on any atom is -0.393 e. The number of benzene rings is 1. The fourth-order valence-corrected chi connectivity index (χ4v) is 1.96. The molecule has 1 saturated heterocycles. The van der Waals surface area contributed by atoms with Crippen LogP contribution in [0.5, 0.6) is 0 Å². The van der Waals surface area contributed by atoms with Gasteiger partial charge >= 0.3 is 6.18 Å². The highest BCUT2D eigenvalue weighted by molar-refractivity contribution is 5.28. The van der Waals surface area contributed by atoms with E-state index < -0.39 is 29.7 Å². The van der Waals surface area contributed by atoms with Gasteiger partial charge in [0.1, 0.15) is 5.60 Å². The largest absolute Gasteiger partial charge is 0.416 e. The molecule has 0 bridgehead atoms. The fraction of sp³-hybridized carbons (Fsp3) is 0.500. The number of aliphatic hydroxyl groups is 1. The Labute approximate surface area is 112 Å². The third kappa shape index (κ3) is 2.65. The van der Waals surface area contributed by atoms with Crippen molar-refractivity contribution >= 4 is 0 Å². The zero-order valence-corrected chi connectivity index (χ0v) is 10.5. The van der Waals surface area contributed by atoms with Gasteiger partial charge in [-0.3, -0.25) is 0 Å². The summed E-state index contributed by atoms with van der Waals surface area (Å²) in [5, 5.41) is 18.2. The van der Waals surface area contributed by atoms with E-state index in [2.05, 4.69) is 4.89 Å². The average Bonchev–Trinajstić information content (AvgIpc) is 2.78. The van der Waals surface area contributed by atoms with E-state index in [-0.39, 0.29) is 12.0 Å². The predicted molar refractivity (Wildman–Crippen MR) is 59.1 cm³/mol. The van der Waals surface area contributed by atoms with Gasteiger partial charge in [-0.1, -0.05) is 12.1 Å². The highest BCUT2D eigenvalue weighted by Gasteiger charge is 2.52. The first-order valence-electron chi connectivity index (χ1n) is 5.73. The Kier molecular flexibility index (Phi) is 3.78. The molecule has 20 heavy (non-hydrogen) atoms. The van der Waals surface area contributed by atoms with E-state index in [4.69, 9.17) is 20.1 Å². The summed E-state index contributed by atoms with van der Waals surface area (Å²) in [6, 6.07) is 3.92. The van der Waals surface area contributed by atoms with Gasteiger partial charge < -0.3 is 5.11 Å². The molecule has 8 heteroatoms. The van der Waals surface area contributed by atoms with Crippen LogP contribution in [0.25, 0.3) is 0 Å². The van der Waals surface area contributed by atoms with Gasteiger partial charge in [0.05, 0.1) is 12.2 Å².